The van der Waals surface area contributed by atoms with Crippen LogP contribution >= 0.6 is 23.2 Å². The summed E-state index contributed by atoms with van der Waals surface area (Å²) in [4.78, 5) is 7.82. The molecule has 0 aliphatic carbocycles. The van der Waals surface area contributed by atoms with Crippen LogP contribution in [0, 0.1) is 0 Å². The Morgan fingerprint density at radius 1 is 1.14 bits per heavy atom. The number of anilines is 2. The zero-order valence-electron chi connectivity index (χ0n) is 10.8. The number of hydrogen-bond acceptors (Lipinski definition) is 4. The van der Waals surface area contributed by atoms with Crippen LogP contribution in [0.4, 0.5) is 11.6 Å². The quantitative estimate of drug-likeness (QED) is 0.717. The molecule has 0 atom stereocenters. The van der Waals surface area contributed by atoms with Gasteiger partial charge in [-0.05, 0) is 17.2 Å². The Morgan fingerprint density at radius 2 is 1.95 bits per heavy atom. The molecular weight excluding hydrogens is 309 g/mol. The Bertz CT molecular complexity index is 742. The van der Waals surface area contributed by atoms with Gasteiger partial charge in [0.2, 0.25) is 5.28 Å². The lowest BCUT2D eigenvalue weighted by Gasteiger charge is -2.03. The lowest BCUT2D eigenvalue weighted by molar-refractivity contribution is 0.997. The molecule has 0 spiro atoms. The van der Waals surface area contributed by atoms with E-state index in [9.17, 15) is 0 Å². The highest BCUT2D eigenvalue weighted by Crippen LogP contribution is 2.23. The molecule has 5 nitrogen and oxygen atoms in total. The van der Waals surface area contributed by atoms with Crippen molar-refractivity contribution in [3.8, 4) is 0 Å². The van der Waals surface area contributed by atoms with Crippen LogP contribution in [0.15, 0.2) is 42.6 Å². The number of nitrogens with zero attached hydrogens (tertiary/aromatic N) is 3. The molecule has 0 amide bonds. The van der Waals surface area contributed by atoms with Gasteiger partial charge in [0.1, 0.15) is 10.8 Å². The van der Waals surface area contributed by atoms with Gasteiger partial charge in [-0.15, -0.1) is 0 Å². The van der Waals surface area contributed by atoms with E-state index in [0.29, 0.717) is 16.7 Å². The van der Waals surface area contributed by atoms with Gasteiger partial charge in [0.05, 0.1) is 11.9 Å². The summed E-state index contributed by atoms with van der Waals surface area (Å²) in [6.07, 6.45) is 2.19. The van der Waals surface area contributed by atoms with Crippen LogP contribution in [0.5, 0.6) is 0 Å². The van der Waals surface area contributed by atoms with Gasteiger partial charge in [0.25, 0.3) is 0 Å². The molecule has 3 rings (SSSR count). The van der Waals surface area contributed by atoms with Crippen LogP contribution in [0.2, 0.25) is 10.3 Å². The Kier molecular flexibility index (Phi) is 4.03. The highest BCUT2D eigenvalue weighted by Gasteiger charge is 2.07. The Hall–Kier alpha value is -2.11. The Balaban J connectivity index is 1.75. The molecule has 2 heterocycles. The third-order valence-corrected chi connectivity index (χ3v) is 3.29. The highest BCUT2D eigenvalue weighted by atomic mass is 35.5. The number of aromatic nitrogens is 4. The van der Waals surface area contributed by atoms with Gasteiger partial charge >= 0.3 is 0 Å². The van der Waals surface area contributed by atoms with E-state index in [0.717, 1.165) is 12.1 Å². The molecule has 0 saturated carbocycles. The molecule has 0 saturated heterocycles. The van der Waals surface area contributed by atoms with E-state index in [1.54, 1.807) is 0 Å². The fourth-order valence-electron chi connectivity index (χ4n) is 1.88. The van der Waals surface area contributed by atoms with Crippen LogP contribution in [0.3, 0.4) is 0 Å². The first-order valence-corrected chi connectivity index (χ1v) is 6.99. The van der Waals surface area contributed by atoms with Crippen LogP contribution in [-0.4, -0.2) is 20.2 Å². The van der Waals surface area contributed by atoms with Crippen LogP contribution < -0.4 is 5.32 Å². The lowest BCUT2D eigenvalue weighted by atomic mass is 10.1. The van der Waals surface area contributed by atoms with E-state index in [2.05, 4.69) is 37.6 Å². The molecule has 0 bridgehead atoms. The zero-order valence-corrected chi connectivity index (χ0v) is 12.4. The summed E-state index contributed by atoms with van der Waals surface area (Å²) < 4.78 is 0. The summed E-state index contributed by atoms with van der Waals surface area (Å²) in [5, 5.41) is 10.7. The molecule has 0 aliphatic rings. The van der Waals surface area contributed by atoms with Gasteiger partial charge in [-0.3, -0.25) is 5.10 Å². The topological polar surface area (TPSA) is 66.5 Å². The van der Waals surface area contributed by atoms with Crippen molar-refractivity contribution < 1.29 is 0 Å². The van der Waals surface area contributed by atoms with Gasteiger partial charge < -0.3 is 5.32 Å². The predicted molar refractivity (Wildman–Crippen MR) is 83.2 cm³/mol. The molecule has 3 aromatic rings. The van der Waals surface area contributed by atoms with E-state index in [4.69, 9.17) is 23.2 Å². The van der Waals surface area contributed by atoms with Crippen molar-refractivity contribution in [1.29, 1.82) is 0 Å². The summed E-state index contributed by atoms with van der Waals surface area (Å²) in [6.45, 7) is 0. The smallest absolute Gasteiger partial charge is 0.224 e. The number of rotatable bonds is 4. The number of nitrogens with one attached hydrogen (secondary N) is 2. The van der Waals surface area contributed by atoms with Crippen molar-refractivity contribution >= 4 is 34.8 Å². The lowest BCUT2D eigenvalue weighted by Crippen LogP contribution is -1.96. The Morgan fingerprint density at radius 3 is 2.76 bits per heavy atom. The van der Waals surface area contributed by atoms with E-state index in [-0.39, 0.29) is 5.28 Å². The van der Waals surface area contributed by atoms with Crippen molar-refractivity contribution in [2.75, 3.05) is 5.32 Å². The van der Waals surface area contributed by atoms with Gasteiger partial charge in [0, 0.05) is 12.5 Å². The van der Waals surface area contributed by atoms with Crippen molar-refractivity contribution in [2.24, 2.45) is 0 Å². The van der Waals surface area contributed by atoms with Crippen LogP contribution in [0.1, 0.15) is 11.3 Å². The second-order valence-corrected chi connectivity index (χ2v) is 5.14. The maximum Gasteiger partial charge on any atom is 0.224 e. The summed E-state index contributed by atoms with van der Waals surface area (Å²) in [5.74, 6) is 1.13. The van der Waals surface area contributed by atoms with E-state index >= 15 is 0 Å². The minimum Gasteiger partial charge on any atom is -0.324 e. The summed E-state index contributed by atoms with van der Waals surface area (Å²) in [7, 11) is 0. The molecule has 2 N–H and O–H groups in total. The largest absolute Gasteiger partial charge is 0.324 e. The zero-order chi connectivity index (χ0) is 14.7. The summed E-state index contributed by atoms with van der Waals surface area (Å²) in [6, 6.07) is 12.0. The standard InChI is InChI=1S/C14H11Cl2N5/c15-11-8-17-14(16)19-13(11)18-12-7-10(20-21-12)6-9-4-2-1-3-5-9/h1-5,7-8H,6H2,(H2,17,18,19,20,21). The molecular formula is C14H11Cl2N5. The average Bonchev–Trinajstić information content (AvgIpc) is 2.91. The molecule has 1 aromatic carbocycles. The molecule has 2 aromatic heterocycles. The average molecular weight is 320 g/mol. The molecule has 0 unspecified atom stereocenters. The third-order valence-electron chi connectivity index (χ3n) is 2.83. The number of halogens is 2. The number of aromatic amines is 1. The predicted octanol–water partition coefficient (Wildman–Crippen LogP) is 3.84. The normalized spacial score (nSPS) is 10.6. The Labute approximate surface area is 131 Å². The van der Waals surface area contributed by atoms with E-state index in [1.807, 2.05) is 24.3 Å². The first kappa shape index (κ1) is 13.9. The van der Waals surface area contributed by atoms with Crippen LogP contribution in [0.25, 0.3) is 0 Å². The van der Waals surface area contributed by atoms with Gasteiger partial charge in [-0.2, -0.15) is 10.1 Å². The molecule has 21 heavy (non-hydrogen) atoms. The van der Waals surface area contributed by atoms with E-state index in [1.165, 1.54) is 11.8 Å². The second-order valence-electron chi connectivity index (χ2n) is 4.40. The first-order valence-electron chi connectivity index (χ1n) is 6.24. The highest BCUT2D eigenvalue weighted by molar-refractivity contribution is 6.33. The fraction of sp³-hybridized carbons (Fsp3) is 0.0714. The minimum atomic E-state index is 0.130. The van der Waals surface area contributed by atoms with Crippen molar-refractivity contribution in [3.63, 3.8) is 0 Å². The van der Waals surface area contributed by atoms with Crippen molar-refractivity contribution in [3.05, 3.63) is 64.2 Å². The van der Waals surface area contributed by atoms with Gasteiger partial charge in [-0.25, -0.2) is 4.98 Å². The number of benzene rings is 1. The van der Waals surface area contributed by atoms with E-state index < -0.39 is 0 Å². The summed E-state index contributed by atoms with van der Waals surface area (Å²) >= 11 is 11.8. The van der Waals surface area contributed by atoms with Gasteiger partial charge in [-0.1, -0.05) is 41.9 Å². The van der Waals surface area contributed by atoms with Crippen molar-refractivity contribution in [2.45, 2.75) is 6.42 Å². The second kappa shape index (κ2) is 6.11. The first-order chi connectivity index (χ1) is 10.2. The van der Waals surface area contributed by atoms with Crippen LogP contribution in [-0.2, 0) is 6.42 Å². The van der Waals surface area contributed by atoms with Gasteiger partial charge in [0.15, 0.2) is 5.82 Å². The maximum atomic E-state index is 6.00. The third kappa shape index (κ3) is 3.51. The number of H-pyrrole nitrogens is 1. The molecule has 0 fully saturated rings. The molecule has 0 aliphatic heterocycles. The number of hydrogen-bond donors (Lipinski definition) is 2. The molecule has 106 valence electrons. The minimum absolute atomic E-state index is 0.130. The summed E-state index contributed by atoms with van der Waals surface area (Å²) in [5.41, 5.74) is 2.11. The molecule has 0 radical (unpaired) electrons. The monoisotopic (exact) mass is 319 g/mol. The van der Waals surface area contributed by atoms with Crippen molar-refractivity contribution in [1.82, 2.24) is 20.2 Å². The SMILES string of the molecule is Clc1ncc(Cl)c(Nc2cc(Cc3ccccc3)n[nH]2)n1. The molecule has 7 heteroatoms. The fourth-order valence-corrected chi connectivity index (χ4v) is 2.16. The maximum absolute atomic E-state index is 6.00.